The summed E-state index contributed by atoms with van der Waals surface area (Å²) in [4.78, 5) is 2.34. The third kappa shape index (κ3) is 4.47. The molecule has 0 aliphatic carbocycles. The van der Waals surface area contributed by atoms with Crippen LogP contribution in [0.2, 0.25) is 0 Å². The van der Waals surface area contributed by atoms with Crippen LogP contribution in [0.5, 0.6) is 0 Å². The van der Waals surface area contributed by atoms with E-state index in [1.54, 1.807) is 0 Å². The average Bonchev–Trinajstić information content (AvgIpc) is 2.75. The van der Waals surface area contributed by atoms with Gasteiger partial charge in [0.15, 0.2) is 0 Å². The largest absolute Gasteiger partial charge is 0.343 e. The zero-order chi connectivity index (χ0) is 19.1. The second-order valence-corrected chi connectivity index (χ2v) is 6.72. The SMILES string of the molecule is CCN(CC)C(C)OC(c1ccccc1)(c1ccccc1)c1ccccc1.Cl. The highest BCUT2D eigenvalue weighted by Crippen LogP contribution is 2.41. The van der Waals surface area contributed by atoms with Crippen molar-refractivity contribution in [2.45, 2.75) is 32.6 Å². The van der Waals surface area contributed by atoms with Gasteiger partial charge in [0, 0.05) is 0 Å². The Labute approximate surface area is 175 Å². The first-order chi connectivity index (χ1) is 13.2. The maximum atomic E-state index is 6.97. The van der Waals surface area contributed by atoms with Crippen molar-refractivity contribution in [1.82, 2.24) is 4.90 Å². The van der Waals surface area contributed by atoms with E-state index in [4.69, 9.17) is 4.74 Å². The zero-order valence-corrected chi connectivity index (χ0v) is 17.7. The van der Waals surface area contributed by atoms with Crippen LogP contribution in [0.15, 0.2) is 91.0 Å². The molecule has 0 saturated heterocycles. The molecule has 0 N–H and O–H groups in total. The van der Waals surface area contributed by atoms with E-state index in [1.807, 2.05) is 0 Å². The van der Waals surface area contributed by atoms with E-state index in [1.165, 1.54) is 0 Å². The molecule has 0 aromatic heterocycles. The van der Waals surface area contributed by atoms with Gasteiger partial charge in [0.1, 0.15) is 11.8 Å². The molecule has 148 valence electrons. The smallest absolute Gasteiger partial charge is 0.145 e. The lowest BCUT2D eigenvalue weighted by molar-refractivity contribution is -0.112. The molecule has 2 nitrogen and oxygen atoms in total. The van der Waals surface area contributed by atoms with Gasteiger partial charge in [-0.15, -0.1) is 12.4 Å². The molecule has 1 atom stereocenters. The highest BCUT2D eigenvalue weighted by atomic mass is 35.5. The molecule has 3 aromatic carbocycles. The Morgan fingerprint density at radius 2 is 1.00 bits per heavy atom. The number of halogens is 1. The van der Waals surface area contributed by atoms with Gasteiger partial charge >= 0.3 is 0 Å². The molecule has 0 saturated carbocycles. The van der Waals surface area contributed by atoms with Crippen LogP contribution < -0.4 is 0 Å². The van der Waals surface area contributed by atoms with Gasteiger partial charge in [0.25, 0.3) is 0 Å². The van der Waals surface area contributed by atoms with Crippen molar-refractivity contribution in [2.24, 2.45) is 0 Å². The average molecular weight is 396 g/mol. The minimum atomic E-state index is -0.661. The molecule has 0 fully saturated rings. The summed E-state index contributed by atoms with van der Waals surface area (Å²) in [5.74, 6) is 0. The van der Waals surface area contributed by atoms with E-state index >= 15 is 0 Å². The van der Waals surface area contributed by atoms with E-state index in [2.05, 4.69) is 117 Å². The van der Waals surface area contributed by atoms with Crippen LogP contribution in [0.25, 0.3) is 0 Å². The van der Waals surface area contributed by atoms with E-state index in [0.717, 1.165) is 29.8 Å². The number of nitrogens with zero attached hydrogens (tertiary/aromatic N) is 1. The molecule has 0 heterocycles. The molecule has 0 aliphatic heterocycles. The quantitative estimate of drug-likeness (QED) is 0.337. The maximum absolute atomic E-state index is 6.97. The summed E-state index contributed by atoms with van der Waals surface area (Å²) in [5, 5.41) is 0. The van der Waals surface area contributed by atoms with Crippen LogP contribution in [0.4, 0.5) is 0 Å². The first kappa shape index (κ1) is 22.2. The molecule has 0 bridgehead atoms. The van der Waals surface area contributed by atoms with E-state index < -0.39 is 5.60 Å². The molecule has 0 spiro atoms. The molecule has 3 aromatic rings. The number of rotatable bonds is 8. The molecular formula is C25H30ClNO. The second-order valence-electron chi connectivity index (χ2n) is 6.72. The normalized spacial score (nSPS) is 12.4. The number of hydrogen-bond acceptors (Lipinski definition) is 2. The van der Waals surface area contributed by atoms with Crippen LogP contribution in [0.1, 0.15) is 37.5 Å². The Hall–Kier alpha value is -2.13. The fourth-order valence-corrected chi connectivity index (χ4v) is 3.79. The summed E-state index contributed by atoms with van der Waals surface area (Å²) >= 11 is 0. The fourth-order valence-electron chi connectivity index (χ4n) is 3.79. The Morgan fingerprint density at radius 3 is 1.29 bits per heavy atom. The summed E-state index contributed by atoms with van der Waals surface area (Å²) in [5.41, 5.74) is 2.76. The van der Waals surface area contributed by atoms with Crippen LogP contribution in [0.3, 0.4) is 0 Å². The standard InChI is InChI=1S/C25H29NO.ClH/c1-4-26(5-2)21(3)27-25(22-15-9-6-10-16-22,23-17-11-7-12-18-23)24-19-13-8-14-20-24;/h6-21H,4-5H2,1-3H3;1H. The van der Waals surface area contributed by atoms with Gasteiger partial charge in [-0.25, -0.2) is 0 Å². The topological polar surface area (TPSA) is 12.5 Å². The summed E-state index contributed by atoms with van der Waals surface area (Å²) < 4.78 is 6.97. The predicted molar refractivity (Wildman–Crippen MR) is 120 cm³/mol. The van der Waals surface area contributed by atoms with Crippen molar-refractivity contribution in [2.75, 3.05) is 13.1 Å². The van der Waals surface area contributed by atoms with Gasteiger partial charge in [-0.3, -0.25) is 4.90 Å². The Kier molecular flexibility index (Phi) is 8.25. The minimum Gasteiger partial charge on any atom is -0.343 e. The van der Waals surface area contributed by atoms with Crippen molar-refractivity contribution in [3.63, 3.8) is 0 Å². The zero-order valence-electron chi connectivity index (χ0n) is 16.9. The minimum absolute atomic E-state index is 0. The number of hydrogen-bond donors (Lipinski definition) is 0. The van der Waals surface area contributed by atoms with Gasteiger partial charge in [-0.2, -0.15) is 0 Å². The Balaban J connectivity index is 0.00000280. The molecule has 0 radical (unpaired) electrons. The molecule has 0 aliphatic rings. The van der Waals surface area contributed by atoms with Gasteiger partial charge in [-0.1, -0.05) is 105 Å². The lowest BCUT2D eigenvalue weighted by Gasteiger charge is -2.41. The summed E-state index contributed by atoms with van der Waals surface area (Å²) in [7, 11) is 0. The molecule has 0 amide bonds. The Bertz CT molecular complexity index is 707. The number of ether oxygens (including phenoxy) is 1. The molecule has 1 unspecified atom stereocenters. The van der Waals surface area contributed by atoms with Crippen molar-refractivity contribution in [3.8, 4) is 0 Å². The van der Waals surface area contributed by atoms with Gasteiger partial charge < -0.3 is 4.74 Å². The van der Waals surface area contributed by atoms with E-state index in [9.17, 15) is 0 Å². The summed E-state index contributed by atoms with van der Waals surface area (Å²) in [6, 6.07) is 31.6. The fraction of sp³-hybridized carbons (Fsp3) is 0.280. The Morgan fingerprint density at radius 1 is 0.679 bits per heavy atom. The van der Waals surface area contributed by atoms with Crippen LogP contribution in [-0.2, 0) is 10.3 Å². The van der Waals surface area contributed by atoms with Gasteiger partial charge in [0.2, 0.25) is 0 Å². The van der Waals surface area contributed by atoms with Crippen molar-refractivity contribution in [3.05, 3.63) is 108 Å². The van der Waals surface area contributed by atoms with Crippen molar-refractivity contribution >= 4 is 12.4 Å². The highest BCUT2D eigenvalue weighted by molar-refractivity contribution is 5.85. The van der Waals surface area contributed by atoms with Gasteiger partial charge in [-0.05, 0) is 36.7 Å². The molecule has 3 rings (SSSR count). The lowest BCUT2D eigenvalue weighted by atomic mass is 9.80. The van der Waals surface area contributed by atoms with Crippen molar-refractivity contribution < 1.29 is 4.74 Å². The van der Waals surface area contributed by atoms with E-state index in [0.29, 0.717) is 0 Å². The van der Waals surface area contributed by atoms with Gasteiger partial charge in [0.05, 0.1) is 0 Å². The highest BCUT2D eigenvalue weighted by Gasteiger charge is 2.39. The van der Waals surface area contributed by atoms with Crippen molar-refractivity contribution in [1.29, 1.82) is 0 Å². The third-order valence-electron chi connectivity index (χ3n) is 5.21. The monoisotopic (exact) mass is 395 g/mol. The van der Waals surface area contributed by atoms with Crippen LogP contribution >= 0.6 is 12.4 Å². The third-order valence-corrected chi connectivity index (χ3v) is 5.21. The predicted octanol–water partition coefficient (Wildman–Crippen LogP) is 6.10. The number of benzene rings is 3. The molecular weight excluding hydrogens is 366 g/mol. The summed E-state index contributed by atoms with van der Waals surface area (Å²) in [6.45, 7) is 8.41. The molecule has 28 heavy (non-hydrogen) atoms. The molecule has 3 heteroatoms. The maximum Gasteiger partial charge on any atom is 0.145 e. The second kappa shape index (κ2) is 10.4. The van der Waals surface area contributed by atoms with Crippen LogP contribution in [-0.4, -0.2) is 24.2 Å². The first-order valence-corrected chi connectivity index (χ1v) is 9.80. The van der Waals surface area contributed by atoms with Crippen LogP contribution in [0, 0.1) is 0 Å². The summed E-state index contributed by atoms with van der Waals surface area (Å²) in [6.07, 6.45) is -0.0272. The lowest BCUT2D eigenvalue weighted by Crippen LogP contribution is -2.43. The first-order valence-electron chi connectivity index (χ1n) is 9.80. The van der Waals surface area contributed by atoms with E-state index in [-0.39, 0.29) is 18.6 Å².